The SMILES string of the molecule is O=C(c1ccc2[nH]ccc2c1)N(CCO)CC(F)F. The van der Waals surface area contributed by atoms with Gasteiger partial charge >= 0.3 is 0 Å². The second kappa shape index (κ2) is 5.79. The molecule has 2 aromatic rings. The van der Waals surface area contributed by atoms with Gasteiger partial charge in [-0.25, -0.2) is 8.78 Å². The van der Waals surface area contributed by atoms with Gasteiger partial charge in [-0.05, 0) is 24.3 Å². The average molecular weight is 268 g/mol. The number of aliphatic hydroxyl groups excluding tert-OH is 1. The fourth-order valence-electron chi connectivity index (χ4n) is 1.93. The summed E-state index contributed by atoms with van der Waals surface area (Å²) in [6.45, 7) is -1.12. The number of aromatic nitrogens is 1. The summed E-state index contributed by atoms with van der Waals surface area (Å²) in [4.78, 5) is 16.1. The molecule has 1 amide bonds. The smallest absolute Gasteiger partial charge is 0.255 e. The molecule has 1 aromatic carbocycles. The number of rotatable bonds is 5. The highest BCUT2D eigenvalue weighted by atomic mass is 19.3. The Morgan fingerprint density at radius 2 is 2.16 bits per heavy atom. The first-order valence-corrected chi connectivity index (χ1v) is 5.87. The van der Waals surface area contributed by atoms with E-state index in [0.29, 0.717) is 5.56 Å². The number of H-pyrrole nitrogens is 1. The minimum atomic E-state index is -2.62. The first kappa shape index (κ1) is 13.5. The van der Waals surface area contributed by atoms with Gasteiger partial charge in [0.1, 0.15) is 0 Å². The van der Waals surface area contributed by atoms with Crippen LogP contribution in [0.1, 0.15) is 10.4 Å². The quantitative estimate of drug-likeness (QED) is 0.869. The van der Waals surface area contributed by atoms with Crippen LogP contribution in [0.3, 0.4) is 0 Å². The summed E-state index contributed by atoms with van der Waals surface area (Å²) < 4.78 is 24.8. The minimum Gasteiger partial charge on any atom is -0.395 e. The molecule has 0 fully saturated rings. The van der Waals surface area contributed by atoms with Crippen LogP contribution in [-0.4, -0.2) is 47.0 Å². The summed E-state index contributed by atoms with van der Waals surface area (Å²) in [6.07, 6.45) is -0.879. The lowest BCUT2D eigenvalue weighted by molar-refractivity contribution is 0.0509. The maximum absolute atomic E-state index is 12.4. The molecule has 0 aliphatic rings. The zero-order valence-electron chi connectivity index (χ0n) is 10.1. The summed E-state index contributed by atoms with van der Waals surface area (Å²) in [6, 6.07) is 6.75. The number of nitrogens with zero attached hydrogens (tertiary/aromatic N) is 1. The van der Waals surface area contributed by atoms with Crippen molar-refractivity contribution in [1.82, 2.24) is 9.88 Å². The molecule has 0 aliphatic heterocycles. The summed E-state index contributed by atoms with van der Waals surface area (Å²) in [5, 5.41) is 9.68. The zero-order chi connectivity index (χ0) is 13.8. The molecule has 102 valence electrons. The Bertz CT molecular complexity index is 569. The zero-order valence-corrected chi connectivity index (χ0v) is 10.1. The van der Waals surface area contributed by atoms with Crippen LogP contribution in [0, 0.1) is 0 Å². The fraction of sp³-hybridized carbons (Fsp3) is 0.308. The van der Waals surface area contributed by atoms with Gasteiger partial charge in [0.15, 0.2) is 0 Å². The van der Waals surface area contributed by atoms with Crippen molar-refractivity contribution in [2.75, 3.05) is 19.7 Å². The van der Waals surface area contributed by atoms with Crippen LogP contribution in [0.25, 0.3) is 10.9 Å². The molecule has 2 rings (SSSR count). The van der Waals surface area contributed by atoms with Gasteiger partial charge in [0.05, 0.1) is 13.2 Å². The van der Waals surface area contributed by atoms with E-state index < -0.39 is 18.9 Å². The third-order valence-corrected chi connectivity index (χ3v) is 2.82. The van der Waals surface area contributed by atoms with E-state index in [1.165, 1.54) is 0 Å². The lowest BCUT2D eigenvalue weighted by atomic mass is 10.1. The maximum Gasteiger partial charge on any atom is 0.255 e. The molecule has 0 aliphatic carbocycles. The van der Waals surface area contributed by atoms with Gasteiger partial charge in [0.25, 0.3) is 12.3 Å². The molecular formula is C13H14F2N2O2. The molecule has 2 N–H and O–H groups in total. The van der Waals surface area contributed by atoms with Crippen molar-refractivity contribution in [2.24, 2.45) is 0 Å². The van der Waals surface area contributed by atoms with Crippen molar-refractivity contribution in [1.29, 1.82) is 0 Å². The predicted octanol–water partition coefficient (Wildman–Crippen LogP) is 1.87. The van der Waals surface area contributed by atoms with Crippen molar-refractivity contribution >= 4 is 16.8 Å². The van der Waals surface area contributed by atoms with Crippen LogP contribution in [0.2, 0.25) is 0 Å². The van der Waals surface area contributed by atoms with Gasteiger partial charge in [-0.1, -0.05) is 0 Å². The number of amides is 1. The van der Waals surface area contributed by atoms with Crippen LogP contribution in [0.4, 0.5) is 8.78 Å². The Hall–Kier alpha value is -1.95. The first-order chi connectivity index (χ1) is 9.11. The number of carbonyl (C=O) groups excluding carboxylic acids is 1. The highest BCUT2D eigenvalue weighted by Crippen LogP contribution is 2.16. The Labute approximate surface area is 108 Å². The maximum atomic E-state index is 12.4. The molecule has 0 radical (unpaired) electrons. The molecule has 4 nitrogen and oxygen atoms in total. The number of aromatic amines is 1. The van der Waals surface area contributed by atoms with Gasteiger partial charge in [-0.15, -0.1) is 0 Å². The number of hydrogen-bond donors (Lipinski definition) is 2. The van der Waals surface area contributed by atoms with Crippen molar-refractivity contribution in [3.63, 3.8) is 0 Å². The third-order valence-electron chi connectivity index (χ3n) is 2.82. The number of hydrogen-bond acceptors (Lipinski definition) is 2. The largest absolute Gasteiger partial charge is 0.395 e. The number of aliphatic hydroxyl groups is 1. The average Bonchev–Trinajstić information content (AvgIpc) is 2.84. The van der Waals surface area contributed by atoms with E-state index in [2.05, 4.69) is 4.98 Å². The molecule has 1 aromatic heterocycles. The van der Waals surface area contributed by atoms with E-state index in [1.54, 1.807) is 30.5 Å². The summed E-state index contributed by atoms with van der Waals surface area (Å²) in [5.41, 5.74) is 1.21. The normalized spacial score (nSPS) is 11.2. The van der Waals surface area contributed by atoms with Crippen molar-refractivity contribution in [3.8, 4) is 0 Å². The number of halogens is 2. The van der Waals surface area contributed by atoms with Gasteiger partial charge in [0, 0.05) is 29.2 Å². The summed E-state index contributed by atoms with van der Waals surface area (Å²) in [5.74, 6) is -0.502. The molecule has 0 saturated heterocycles. The minimum absolute atomic E-state index is 0.103. The summed E-state index contributed by atoms with van der Waals surface area (Å²) >= 11 is 0. The van der Waals surface area contributed by atoms with Gasteiger partial charge in [0.2, 0.25) is 0 Å². The molecule has 0 spiro atoms. The van der Waals surface area contributed by atoms with Crippen LogP contribution in [0.15, 0.2) is 30.5 Å². The van der Waals surface area contributed by atoms with E-state index in [-0.39, 0.29) is 13.2 Å². The van der Waals surface area contributed by atoms with Crippen molar-refractivity contribution in [2.45, 2.75) is 6.43 Å². The standard InChI is InChI=1S/C13H14F2N2O2/c14-12(15)8-17(5-6-18)13(19)10-1-2-11-9(7-10)3-4-16-11/h1-4,7,12,16,18H,5-6,8H2. The van der Waals surface area contributed by atoms with Crippen molar-refractivity contribution < 1.29 is 18.7 Å². The number of alkyl halides is 2. The second-order valence-electron chi connectivity index (χ2n) is 4.15. The molecule has 0 bridgehead atoms. The Morgan fingerprint density at radius 1 is 1.37 bits per heavy atom. The van der Waals surface area contributed by atoms with Crippen LogP contribution in [-0.2, 0) is 0 Å². The highest BCUT2D eigenvalue weighted by molar-refractivity contribution is 5.98. The second-order valence-corrected chi connectivity index (χ2v) is 4.15. The van der Waals surface area contributed by atoms with E-state index >= 15 is 0 Å². The molecular weight excluding hydrogens is 254 g/mol. The van der Waals surface area contributed by atoms with Gasteiger partial charge in [-0.2, -0.15) is 0 Å². The van der Waals surface area contributed by atoms with Crippen LogP contribution < -0.4 is 0 Å². The van der Waals surface area contributed by atoms with Crippen molar-refractivity contribution in [3.05, 3.63) is 36.0 Å². The van der Waals surface area contributed by atoms with E-state index in [4.69, 9.17) is 5.11 Å². The van der Waals surface area contributed by atoms with Gasteiger partial charge < -0.3 is 15.0 Å². The van der Waals surface area contributed by atoms with E-state index in [9.17, 15) is 13.6 Å². The Balaban J connectivity index is 2.24. The van der Waals surface area contributed by atoms with Crippen LogP contribution in [0.5, 0.6) is 0 Å². The lowest BCUT2D eigenvalue weighted by Crippen LogP contribution is -2.37. The van der Waals surface area contributed by atoms with E-state index in [0.717, 1.165) is 15.8 Å². The number of carbonyl (C=O) groups is 1. The molecule has 6 heteroatoms. The number of benzene rings is 1. The summed E-state index contributed by atoms with van der Waals surface area (Å²) in [7, 11) is 0. The lowest BCUT2D eigenvalue weighted by Gasteiger charge is -2.21. The Kier molecular flexibility index (Phi) is 4.11. The molecule has 19 heavy (non-hydrogen) atoms. The molecule has 1 heterocycles. The highest BCUT2D eigenvalue weighted by Gasteiger charge is 2.19. The third kappa shape index (κ3) is 3.08. The number of fused-ring (bicyclic) bond motifs is 1. The fourth-order valence-corrected chi connectivity index (χ4v) is 1.93. The molecule has 0 unspecified atom stereocenters. The van der Waals surface area contributed by atoms with Crippen LogP contribution >= 0.6 is 0 Å². The monoisotopic (exact) mass is 268 g/mol. The Morgan fingerprint density at radius 3 is 2.84 bits per heavy atom. The topological polar surface area (TPSA) is 56.3 Å². The molecule has 0 atom stereocenters. The van der Waals surface area contributed by atoms with E-state index in [1.807, 2.05) is 0 Å². The predicted molar refractivity (Wildman–Crippen MR) is 67.3 cm³/mol. The number of nitrogens with one attached hydrogen (secondary N) is 1. The van der Waals surface area contributed by atoms with Gasteiger partial charge in [-0.3, -0.25) is 4.79 Å². The molecule has 0 saturated carbocycles. The first-order valence-electron chi connectivity index (χ1n) is 5.87.